The van der Waals surface area contributed by atoms with Gasteiger partial charge in [-0.05, 0) is 93.7 Å². The van der Waals surface area contributed by atoms with E-state index in [-0.39, 0.29) is 11.1 Å². The fourth-order valence-corrected chi connectivity index (χ4v) is 10.5. The molecule has 6 fully saturated rings. The molecule has 0 aromatic carbocycles. The zero-order valence-electron chi connectivity index (χ0n) is 26.2. The van der Waals surface area contributed by atoms with Crippen molar-refractivity contribution in [2.45, 2.75) is 128 Å². The van der Waals surface area contributed by atoms with Gasteiger partial charge in [-0.2, -0.15) is 0 Å². The minimum Gasteiger partial charge on any atom is -0.320 e. The van der Waals surface area contributed by atoms with Crippen molar-refractivity contribution in [2.24, 2.45) is 0 Å². The number of quaternary nitrogens is 1. The largest absolute Gasteiger partial charge is 0.320 e. The Morgan fingerprint density at radius 3 is 2.24 bits per heavy atom. The summed E-state index contributed by atoms with van der Waals surface area (Å²) in [5.41, 5.74) is 0.821. The highest BCUT2D eigenvalue weighted by molar-refractivity contribution is 5.04. The lowest BCUT2D eigenvalue weighted by molar-refractivity contribution is -0.925. The Balaban J connectivity index is 1.19. The Kier molecular flexibility index (Phi) is 7.30. The Morgan fingerprint density at radius 1 is 0.684 bits per heavy atom. The van der Waals surface area contributed by atoms with E-state index in [0.717, 1.165) is 18.1 Å². The lowest BCUT2D eigenvalue weighted by Crippen LogP contribution is -2.72. The Labute approximate surface area is 235 Å². The molecule has 0 aliphatic carbocycles. The molecule has 6 saturated heterocycles. The quantitative estimate of drug-likeness (QED) is 0.488. The van der Waals surface area contributed by atoms with E-state index >= 15 is 0 Å². The third kappa shape index (κ3) is 5.25. The number of rotatable bonds is 6. The highest BCUT2D eigenvalue weighted by atomic mass is 15.5. The van der Waals surface area contributed by atoms with Crippen molar-refractivity contribution >= 4 is 0 Å². The molecular weight excluding hydrogens is 468 g/mol. The molecule has 0 saturated carbocycles. The molecule has 0 radical (unpaired) electrons. The second-order valence-electron chi connectivity index (χ2n) is 16.7. The van der Waals surface area contributed by atoms with Crippen LogP contribution >= 0.6 is 0 Å². The summed E-state index contributed by atoms with van der Waals surface area (Å²) in [4.78, 5) is 14.4. The first-order valence-electron chi connectivity index (χ1n) is 16.5. The number of hydrogen-bond acceptors (Lipinski definition) is 5. The number of fused-ring (bicyclic) bond motifs is 5. The molecule has 0 aromatic rings. The third-order valence-electron chi connectivity index (χ3n) is 12.0. The number of piperidine rings is 1. The van der Waals surface area contributed by atoms with Gasteiger partial charge in [0.05, 0.1) is 37.8 Å². The molecule has 0 N–H and O–H groups in total. The van der Waals surface area contributed by atoms with Crippen LogP contribution in [0.5, 0.6) is 0 Å². The summed E-state index contributed by atoms with van der Waals surface area (Å²) in [6.07, 6.45) is 8.33. The fourth-order valence-electron chi connectivity index (χ4n) is 10.5. The second-order valence-corrected chi connectivity index (χ2v) is 16.7. The monoisotopic (exact) mass is 529 g/mol. The maximum Gasteiger partial charge on any atom is 0.0969 e. The normalized spacial score (nSPS) is 40.0. The maximum absolute atomic E-state index is 3.12. The molecule has 6 heteroatoms. The van der Waals surface area contributed by atoms with Crippen molar-refractivity contribution in [3.05, 3.63) is 0 Å². The topological polar surface area (TPSA) is 16.2 Å². The predicted octanol–water partition coefficient (Wildman–Crippen LogP) is 3.57. The average Bonchev–Trinajstić information content (AvgIpc) is 3.41. The van der Waals surface area contributed by atoms with E-state index in [1.807, 2.05) is 0 Å². The highest BCUT2D eigenvalue weighted by Crippen LogP contribution is 2.40. The van der Waals surface area contributed by atoms with Gasteiger partial charge >= 0.3 is 0 Å². The number of piperazine rings is 3. The summed E-state index contributed by atoms with van der Waals surface area (Å²) < 4.78 is 1.37. The Bertz CT molecular complexity index is 849. The molecule has 218 valence electrons. The van der Waals surface area contributed by atoms with E-state index < -0.39 is 0 Å². The zero-order chi connectivity index (χ0) is 26.9. The molecule has 0 spiro atoms. The Morgan fingerprint density at radius 2 is 1.45 bits per heavy atom. The van der Waals surface area contributed by atoms with Crippen LogP contribution in [-0.2, 0) is 0 Å². The van der Waals surface area contributed by atoms with Gasteiger partial charge in [-0.1, -0.05) is 0 Å². The predicted molar refractivity (Wildman–Crippen MR) is 159 cm³/mol. The third-order valence-corrected chi connectivity index (χ3v) is 12.0. The summed E-state index contributed by atoms with van der Waals surface area (Å²) in [7, 11) is 0. The van der Waals surface area contributed by atoms with Crippen molar-refractivity contribution < 1.29 is 4.48 Å². The van der Waals surface area contributed by atoms with Crippen molar-refractivity contribution in [3.63, 3.8) is 0 Å². The van der Waals surface area contributed by atoms with Gasteiger partial charge in [0, 0.05) is 74.9 Å². The van der Waals surface area contributed by atoms with E-state index in [4.69, 9.17) is 0 Å². The first kappa shape index (κ1) is 27.9. The summed E-state index contributed by atoms with van der Waals surface area (Å²) in [5.74, 6) is 0. The zero-order valence-corrected chi connectivity index (χ0v) is 26.2. The van der Waals surface area contributed by atoms with Crippen LogP contribution in [0.2, 0.25) is 0 Å². The van der Waals surface area contributed by atoms with Crippen LogP contribution in [0.15, 0.2) is 0 Å². The second kappa shape index (κ2) is 9.94. The molecule has 6 aliphatic rings. The van der Waals surface area contributed by atoms with Crippen LogP contribution in [0.1, 0.15) is 87.0 Å². The summed E-state index contributed by atoms with van der Waals surface area (Å²) in [6.45, 7) is 33.6. The standard InChI is InChI=1S/C32H61N6/c1-30(2,3)36-17-19-38(18-12-28(36)24-38)25-32(6,7)37-27-11-8-13-33(21-27)22-29(37)20-31(4,5)35-16-15-34-14-9-10-26(34)23-35/h26-29H,8-25H2,1-7H3/q+1. The van der Waals surface area contributed by atoms with E-state index in [1.54, 1.807) is 0 Å². The molecule has 6 rings (SSSR count). The van der Waals surface area contributed by atoms with Gasteiger partial charge in [0.15, 0.2) is 0 Å². The van der Waals surface area contributed by atoms with E-state index in [9.17, 15) is 0 Å². The maximum atomic E-state index is 3.12. The van der Waals surface area contributed by atoms with Crippen LogP contribution in [0.25, 0.3) is 0 Å². The number of hydrogen-bond donors (Lipinski definition) is 0. The minimum atomic E-state index is 0.248. The van der Waals surface area contributed by atoms with Crippen molar-refractivity contribution in [2.75, 3.05) is 78.5 Å². The van der Waals surface area contributed by atoms with Gasteiger partial charge in [-0.3, -0.25) is 19.6 Å². The molecule has 4 bridgehead atoms. The van der Waals surface area contributed by atoms with Gasteiger partial charge in [-0.15, -0.1) is 0 Å². The molecule has 6 nitrogen and oxygen atoms in total. The minimum absolute atomic E-state index is 0.248. The van der Waals surface area contributed by atoms with Gasteiger partial charge in [0.25, 0.3) is 0 Å². The SMILES string of the molecule is CC(C)(C)N1CC[N+]2(CC(C)(C)N3C4CCCN(C4)CC3CC(C)(C)N3CCN4CCCC4C3)CCC1C2. The molecule has 0 aromatic heterocycles. The first-order valence-corrected chi connectivity index (χ1v) is 16.5. The fraction of sp³-hybridized carbons (Fsp3) is 1.00. The van der Waals surface area contributed by atoms with Crippen LogP contribution < -0.4 is 0 Å². The molecule has 6 aliphatic heterocycles. The molecule has 6 atom stereocenters. The smallest absolute Gasteiger partial charge is 0.0969 e. The molecule has 0 amide bonds. The van der Waals surface area contributed by atoms with Crippen molar-refractivity contribution in [1.82, 2.24) is 24.5 Å². The van der Waals surface area contributed by atoms with Gasteiger partial charge < -0.3 is 9.38 Å². The molecule has 38 heavy (non-hydrogen) atoms. The first-order chi connectivity index (χ1) is 17.9. The van der Waals surface area contributed by atoms with E-state index in [1.165, 1.54) is 122 Å². The van der Waals surface area contributed by atoms with Crippen molar-refractivity contribution in [1.29, 1.82) is 0 Å². The van der Waals surface area contributed by atoms with Crippen LogP contribution in [0.3, 0.4) is 0 Å². The van der Waals surface area contributed by atoms with Gasteiger partial charge in [-0.25, -0.2) is 0 Å². The Hall–Kier alpha value is -0.240. The van der Waals surface area contributed by atoms with E-state index in [0.29, 0.717) is 11.6 Å². The number of nitrogens with zero attached hydrogens (tertiary/aromatic N) is 6. The summed E-state index contributed by atoms with van der Waals surface area (Å²) in [5, 5.41) is 0. The summed E-state index contributed by atoms with van der Waals surface area (Å²) >= 11 is 0. The summed E-state index contributed by atoms with van der Waals surface area (Å²) in [6, 6.07) is 3.02. The lowest BCUT2D eigenvalue weighted by Gasteiger charge is -2.59. The van der Waals surface area contributed by atoms with Crippen LogP contribution in [0.4, 0.5) is 0 Å². The average molecular weight is 530 g/mol. The lowest BCUT2D eigenvalue weighted by atomic mass is 9.83. The molecular formula is C32H61N6+. The molecule has 6 heterocycles. The van der Waals surface area contributed by atoms with Gasteiger partial charge in [0.1, 0.15) is 0 Å². The van der Waals surface area contributed by atoms with Crippen LogP contribution in [-0.4, -0.2) is 148 Å². The van der Waals surface area contributed by atoms with Gasteiger partial charge in [0.2, 0.25) is 0 Å². The highest BCUT2D eigenvalue weighted by Gasteiger charge is 2.54. The van der Waals surface area contributed by atoms with E-state index in [2.05, 4.69) is 73.0 Å². The molecule has 6 unspecified atom stereocenters. The van der Waals surface area contributed by atoms with Crippen LogP contribution in [0, 0.1) is 0 Å². The van der Waals surface area contributed by atoms with Crippen molar-refractivity contribution in [3.8, 4) is 0 Å².